The van der Waals surface area contributed by atoms with Gasteiger partial charge in [-0.25, -0.2) is 4.52 Å². The van der Waals surface area contributed by atoms with E-state index in [0.29, 0.717) is 6.04 Å². The van der Waals surface area contributed by atoms with Crippen LogP contribution in [0, 0.1) is 11.8 Å². The van der Waals surface area contributed by atoms with Crippen molar-refractivity contribution < 1.29 is 0 Å². The maximum Gasteiger partial charge on any atom is 0.0709 e. The van der Waals surface area contributed by atoms with Crippen molar-refractivity contribution in [2.45, 2.75) is 52.0 Å². The van der Waals surface area contributed by atoms with Crippen molar-refractivity contribution in [2.24, 2.45) is 11.8 Å². The van der Waals surface area contributed by atoms with Gasteiger partial charge < -0.3 is 5.32 Å². The highest BCUT2D eigenvalue weighted by atomic mass is 15.2. The second-order valence-electron chi connectivity index (χ2n) is 6.37. The molecule has 0 radical (unpaired) electrons. The summed E-state index contributed by atoms with van der Waals surface area (Å²) in [5.41, 5.74) is 2.63. The van der Waals surface area contributed by atoms with E-state index in [9.17, 15) is 0 Å². The number of nitrogens with zero attached hydrogens (tertiary/aromatic N) is 2. The summed E-state index contributed by atoms with van der Waals surface area (Å²) >= 11 is 0. The largest absolute Gasteiger partial charge is 0.310 e. The lowest BCUT2D eigenvalue weighted by Gasteiger charge is -2.34. The van der Waals surface area contributed by atoms with Crippen LogP contribution in [0.4, 0.5) is 0 Å². The van der Waals surface area contributed by atoms with E-state index in [1.54, 1.807) is 0 Å². The molecule has 1 saturated carbocycles. The molecule has 0 spiro atoms. The Bertz CT molecular complexity index is 575. The molecule has 3 atom stereocenters. The maximum absolute atomic E-state index is 4.53. The fraction of sp³-hybridized carbons (Fsp3) is 0.611. The third kappa shape index (κ3) is 2.98. The number of rotatable bonds is 5. The van der Waals surface area contributed by atoms with Crippen LogP contribution in [0.15, 0.2) is 30.6 Å². The van der Waals surface area contributed by atoms with Gasteiger partial charge in [0, 0.05) is 17.8 Å². The molecule has 114 valence electrons. The van der Waals surface area contributed by atoms with Crippen LogP contribution in [-0.2, 0) is 0 Å². The number of nitrogens with one attached hydrogen (secondary N) is 1. The van der Waals surface area contributed by atoms with Gasteiger partial charge in [0.15, 0.2) is 0 Å². The number of aromatic nitrogens is 2. The molecule has 3 heteroatoms. The Kier molecular flexibility index (Phi) is 4.59. The Balaban J connectivity index is 1.90. The van der Waals surface area contributed by atoms with Gasteiger partial charge in [-0.3, -0.25) is 0 Å². The minimum atomic E-state index is 0.448. The van der Waals surface area contributed by atoms with Gasteiger partial charge in [-0.05, 0) is 43.4 Å². The van der Waals surface area contributed by atoms with Crippen LogP contribution in [0.2, 0.25) is 0 Å². The van der Waals surface area contributed by atoms with Crippen molar-refractivity contribution in [1.29, 1.82) is 0 Å². The van der Waals surface area contributed by atoms with Crippen LogP contribution in [-0.4, -0.2) is 16.2 Å². The van der Waals surface area contributed by atoms with Crippen molar-refractivity contribution in [2.75, 3.05) is 6.54 Å². The molecule has 0 saturated heterocycles. The van der Waals surface area contributed by atoms with E-state index >= 15 is 0 Å². The van der Waals surface area contributed by atoms with Gasteiger partial charge in [-0.2, -0.15) is 5.10 Å². The van der Waals surface area contributed by atoms with Gasteiger partial charge in [-0.15, -0.1) is 0 Å². The molecule has 0 aromatic carbocycles. The minimum Gasteiger partial charge on any atom is -0.310 e. The van der Waals surface area contributed by atoms with E-state index in [2.05, 4.69) is 42.6 Å². The summed E-state index contributed by atoms with van der Waals surface area (Å²) in [7, 11) is 0. The molecule has 0 aliphatic heterocycles. The minimum absolute atomic E-state index is 0.448. The Labute approximate surface area is 127 Å². The zero-order valence-corrected chi connectivity index (χ0v) is 13.3. The molecule has 1 aliphatic carbocycles. The molecule has 2 aromatic heterocycles. The normalized spacial score (nSPS) is 24.3. The molecule has 0 bridgehead atoms. The lowest BCUT2D eigenvalue weighted by molar-refractivity contribution is 0.211. The molecule has 3 nitrogen and oxygen atoms in total. The van der Waals surface area contributed by atoms with Crippen molar-refractivity contribution in [1.82, 2.24) is 14.9 Å². The second kappa shape index (κ2) is 6.61. The van der Waals surface area contributed by atoms with E-state index in [1.165, 1.54) is 43.2 Å². The maximum atomic E-state index is 4.53. The van der Waals surface area contributed by atoms with Gasteiger partial charge >= 0.3 is 0 Å². The molecule has 1 aliphatic rings. The monoisotopic (exact) mass is 285 g/mol. The zero-order chi connectivity index (χ0) is 14.7. The van der Waals surface area contributed by atoms with Crippen LogP contribution in [0.25, 0.3) is 5.52 Å². The van der Waals surface area contributed by atoms with Gasteiger partial charge in [0.2, 0.25) is 0 Å². The first-order valence-electron chi connectivity index (χ1n) is 8.49. The van der Waals surface area contributed by atoms with Gasteiger partial charge in [0.05, 0.1) is 11.7 Å². The van der Waals surface area contributed by atoms with Crippen LogP contribution in [0.3, 0.4) is 0 Å². The fourth-order valence-corrected chi connectivity index (χ4v) is 3.95. The second-order valence-corrected chi connectivity index (χ2v) is 6.37. The van der Waals surface area contributed by atoms with Gasteiger partial charge in [0.1, 0.15) is 0 Å². The fourth-order valence-electron chi connectivity index (χ4n) is 3.95. The average Bonchev–Trinajstić information content (AvgIpc) is 2.96. The summed E-state index contributed by atoms with van der Waals surface area (Å²) in [6, 6.07) is 6.79. The number of hydrogen-bond acceptors (Lipinski definition) is 2. The standard InChI is InChI=1S/C18H27N3/c1-3-14-8-7-9-15(12-14)18(19-4-2)16-13-20-21-11-6-5-10-17(16)21/h5-6,10-11,13-15,18-19H,3-4,7-9,12H2,1-2H3. The third-order valence-electron chi connectivity index (χ3n) is 5.09. The average molecular weight is 285 g/mol. The lowest BCUT2D eigenvalue weighted by Crippen LogP contribution is -2.31. The predicted molar refractivity (Wildman–Crippen MR) is 87.3 cm³/mol. The summed E-state index contributed by atoms with van der Waals surface area (Å²) in [6.07, 6.45) is 10.9. The first kappa shape index (κ1) is 14.6. The first-order chi connectivity index (χ1) is 10.3. The van der Waals surface area contributed by atoms with Crippen molar-refractivity contribution >= 4 is 5.52 Å². The van der Waals surface area contributed by atoms with Crippen molar-refractivity contribution in [3.8, 4) is 0 Å². The summed E-state index contributed by atoms with van der Waals surface area (Å²) in [4.78, 5) is 0. The number of hydrogen-bond donors (Lipinski definition) is 1. The van der Waals surface area contributed by atoms with Crippen LogP contribution in [0.1, 0.15) is 57.6 Å². The van der Waals surface area contributed by atoms with Crippen molar-refractivity contribution in [3.05, 3.63) is 36.2 Å². The summed E-state index contributed by atoms with van der Waals surface area (Å²) in [5.74, 6) is 1.66. The lowest BCUT2D eigenvalue weighted by atomic mass is 9.75. The first-order valence-corrected chi connectivity index (χ1v) is 8.49. The highest BCUT2D eigenvalue weighted by Crippen LogP contribution is 2.39. The van der Waals surface area contributed by atoms with E-state index in [-0.39, 0.29) is 0 Å². The van der Waals surface area contributed by atoms with Gasteiger partial charge in [0.25, 0.3) is 0 Å². The van der Waals surface area contributed by atoms with E-state index in [1.807, 2.05) is 16.8 Å². The smallest absolute Gasteiger partial charge is 0.0709 e. The third-order valence-corrected chi connectivity index (χ3v) is 5.09. The van der Waals surface area contributed by atoms with Crippen molar-refractivity contribution in [3.63, 3.8) is 0 Å². The Hall–Kier alpha value is -1.35. The molecule has 0 amide bonds. The number of fused-ring (bicyclic) bond motifs is 1. The summed E-state index contributed by atoms with van der Waals surface area (Å²) < 4.78 is 2.00. The molecule has 1 N–H and O–H groups in total. The molecule has 2 aromatic rings. The highest BCUT2D eigenvalue weighted by Gasteiger charge is 2.29. The number of pyridine rings is 1. The zero-order valence-electron chi connectivity index (χ0n) is 13.3. The Morgan fingerprint density at radius 1 is 1.33 bits per heavy atom. The van der Waals surface area contributed by atoms with E-state index in [0.717, 1.165) is 18.4 Å². The van der Waals surface area contributed by atoms with Crippen LogP contribution < -0.4 is 5.32 Å². The predicted octanol–water partition coefficient (Wildman–Crippen LogP) is 4.20. The molecule has 2 heterocycles. The highest BCUT2D eigenvalue weighted by molar-refractivity contribution is 5.55. The van der Waals surface area contributed by atoms with Gasteiger partial charge in [-0.1, -0.05) is 39.2 Å². The summed E-state index contributed by atoms with van der Waals surface area (Å²) in [5, 5.41) is 8.27. The summed E-state index contributed by atoms with van der Waals surface area (Å²) in [6.45, 7) is 5.56. The molecular weight excluding hydrogens is 258 g/mol. The molecule has 3 unspecified atom stereocenters. The molecule has 3 rings (SSSR count). The topological polar surface area (TPSA) is 29.3 Å². The molecule has 21 heavy (non-hydrogen) atoms. The SMILES string of the molecule is CCNC(c1cnn2ccccc12)C1CCCC(CC)C1. The quantitative estimate of drug-likeness (QED) is 0.892. The van der Waals surface area contributed by atoms with Crippen LogP contribution >= 0.6 is 0 Å². The van der Waals surface area contributed by atoms with E-state index < -0.39 is 0 Å². The van der Waals surface area contributed by atoms with E-state index in [4.69, 9.17) is 0 Å². The Morgan fingerprint density at radius 3 is 3.05 bits per heavy atom. The Morgan fingerprint density at radius 2 is 2.24 bits per heavy atom. The molecule has 1 fully saturated rings. The molecular formula is C18H27N3. The van der Waals surface area contributed by atoms with Crippen LogP contribution in [0.5, 0.6) is 0 Å².